The number of para-hydroxylation sites is 1. The van der Waals surface area contributed by atoms with E-state index in [4.69, 9.17) is 21.4 Å². The molecule has 0 atom stereocenters. The predicted octanol–water partition coefficient (Wildman–Crippen LogP) is 5.72. The number of nitrogens with one attached hydrogen (secondary N) is 1. The molecule has 1 N–H and O–H groups in total. The van der Waals surface area contributed by atoms with Gasteiger partial charge in [-0.3, -0.25) is 14.5 Å². The van der Waals surface area contributed by atoms with E-state index in [1.165, 1.54) is 41.1 Å². The molecule has 2 amide bonds. The summed E-state index contributed by atoms with van der Waals surface area (Å²) in [5.74, 6) is 0.000279. The number of furan rings is 1. The second-order valence-corrected chi connectivity index (χ2v) is 8.97. The Morgan fingerprint density at radius 1 is 1.11 bits per heavy atom. The summed E-state index contributed by atoms with van der Waals surface area (Å²) in [6.45, 7) is -0.228. The standard InChI is InChI=1S/C24H17F3N2O4S2/c25-24(26,27)18-5-1-2-6-19(18)28-21(30)14-33-16-9-7-15(8-10-16)12-20-22(31)29(23(34)35-20)13-17-4-3-11-32-17/h1-12H,13-14H2,(H,28,30)/b20-12-. The zero-order valence-corrected chi connectivity index (χ0v) is 19.5. The predicted molar refractivity (Wildman–Crippen MR) is 129 cm³/mol. The number of alkyl halides is 3. The molecule has 0 saturated carbocycles. The van der Waals surface area contributed by atoms with Crippen molar-refractivity contribution in [1.29, 1.82) is 0 Å². The molecule has 180 valence electrons. The lowest BCUT2D eigenvalue weighted by molar-refractivity contribution is -0.137. The number of ether oxygens (including phenoxy) is 1. The Kier molecular flexibility index (Phi) is 7.27. The lowest BCUT2D eigenvalue weighted by Gasteiger charge is -2.13. The van der Waals surface area contributed by atoms with E-state index in [1.54, 1.807) is 42.5 Å². The molecular weight excluding hydrogens is 501 g/mol. The van der Waals surface area contributed by atoms with Gasteiger partial charge in [-0.05, 0) is 48.0 Å². The van der Waals surface area contributed by atoms with Crippen molar-refractivity contribution in [3.05, 3.63) is 88.7 Å². The number of hydrogen-bond donors (Lipinski definition) is 1. The topological polar surface area (TPSA) is 71.8 Å². The number of rotatable bonds is 7. The van der Waals surface area contributed by atoms with Crippen molar-refractivity contribution in [3.63, 3.8) is 0 Å². The summed E-state index contributed by atoms with van der Waals surface area (Å²) >= 11 is 6.49. The number of anilines is 1. The summed E-state index contributed by atoms with van der Waals surface area (Å²) in [6.07, 6.45) is -1.38. The third kappa shape index (κ3) is 6.11. The maximum atomic E-state index is 13.1. The molecule has 0 radical (unpaired) electrons. The number of thioether (sulfide) groups is 1. The van der Waals surface area contributed by atoms with Crippen LogP contribution in [0.4, 0.5) is 18.9 Å². The fraction of sp³-hybridized carbons (Fsp3) is 0.125. The van der Waals surface area contributed by atoms with Gasteiger partial charge in [-0.1, -0.05) is 48.2 Å². The maximum absolute atomic E-state index is 13.1. The molecule has 0 unspecified atom stereocenters. The monoisotopic (exact) mass is 518 g/mol. The van der Waals surface area contributed by atoms with Crippen LogP contribution in [0.15, 0.2) is 76.2 Å². The average Bonchev–Trinajstić information content (AvgIpc) is 3.42. The van der Waals surface area contributed by atoms with E-state index in [9.17, 15) is 22.8 Å². The van der Waals surface area contributed by atoms with Gasteiger partial charge in [0.25, 0.3) is 11.8 Å². The fourth-order valence-corrected chi connectivity index (χ4v) is 4.44. The molecule has 1 saturated heterocycles. The lowest BCUT2D eigenvalue weighted by Crippen LogP contribution is -2.27. The van der Waals surface area contributed by atoms with Crippen LogP contribution in [0.25, 0.3) is 6.08 Å². The van der Waals surface area contributed by atoms with Crippen molar-refractivity contribution >= 4 is 51.9 Å². The van der Waals surface area contributed by atoms with Gasteiger partial charge in [-0.25, -0.2) is 0 Å². The van der Waals surface area contributed by atoms with Gasteiger partial charge in [0.1, 0.15) is 15.8 Å². The molecule has 6 nitrogen and oxygen atoms in total. The Labute approximate surface area is 207 Å². The van der Waals surface area contributed by atoms with Gasteiger partial charge in [0.2, 0.25) is 0 Å². The quantitative estimate of drug-likeness (QED) is 0.319. The van der Waals surface area contributed by atoms with Crippen molar-refractivity contribution in [2.45, 2.75) is 12.7 Å². The van der Waals surface area contributed by atoms with Crippen LogP contribution in [-0.2, 0) is 22.3 Å². The highest BCUT2D eigenvalue weighted by Gasteiger charge is 2.34. The van der Waals surface area contributed by atoms with Crippen LogP contribution < -0.4 is 10.1 Å². The van der Waals surface area contributed by atoms with Crippen molar-refractivity contribution in [3.8, 4) is 5.75 Å². The molecule has 1 aliphatic heterocycles. The number of nitrogens with zero attached hydrogens (tertiary/aromatic N) is 1. The first-order valence-corrected chi connectivity index (χ1v) is 11.4. The van der Waals surface area contributed by atoms with E-state index in [0.717, 1.165) is 6.07 Å². The molecule has 0 aliphatic carbocycles. The van der Waals surface area contributed by atoms with Crippen molar-refractivity contribution in [1.82, 2.24) is 4.90 Å². The second-order valence-electron chi connectivity index (χ2n) is 7.30. The molecule has 0 spiro atoms. The first-order valence-electron chi connectivity index (χ1n) is 10.2. The summed E-state index contributed by atoms with van der Waals surface area (Å²) in [6, 6.07) is 14.7. The molecular formula is C24H17F3N2O4S2. The van der Waals surface area contributed by atoms with Gasteiger partial charge < -0.3 is 14.5 Å². The molecule has 11 heteroatoms. The van der Waals surface area contributed by atoms with E-state index >= 15 is 0 Å². The van der Waals surface area contributed by atoms with Crippen LogP contribution >= 0.6 is 24.0 Å². The highest BCUT2D eigenvalue weighted by molar-refractivity contribution is 8.26. The van der Waals surface area contributed by atoms with Crippen molar-refractivity contribution < 1.29 is 31.9 Å². The Morgan fingerprint density at radius 2 is 1.86 bits per heavy atom. The van der Waals surface area contributed by atoms with Crippen LogP contribution in [0.1, 0.15) is 16.9 Å². The van der Waals surface area contributed by atoms with E-state index in [2.05, 4.69) is 5.32 Å². The van der Waals surface area contributed by atoms with Crippen LogP contribution in [0.5, 0.6) is 5.75 Å². The summed E-state index contributed by atoms with van der Waals surface area (Å²) in [5.41, 5.74) is -0.569. The van der Waals surface area contributed by atoms with Gasteiger partial charge in [0.15, 0.2) is 6.61 Å². The zero-order chi connectivity index (χ0) is 25.0. The lowest BCUT2D eigenvalue weighted by atomic mass is 10.1. The first kappa shape index (κ1) is 24.6. The Morgan fingerprint density at radius 3 is 2.54 bits per heavy atom. The first-order chi connectivity index (χ1) is 16.7. The minimum absolute atomic E-state index is 0.229. The molecule has 2 heterocycles. The highest BCUT2D eigenvalue weighted by atomic mass is 32.2. The summed E-state index contributed by atoms with van der Waals surface area (Å²) < 4.78 is 50.3. The number of halogens is 3. The Hall–Kier alpha value is -3.57. The third-order valence-electron chi connectivity index (χ3n) is 4.82. The second kappa shape index (κ2) is 10.4. The van der Waals surface area contributed by atoms with Crippen molar-refractivity contribution in [2.75, 3.05) is 11.9 Å². The number of carbonyl (C=O) groups is 2. The molecule has 3 aromatic rings. The number of carbonyl (C=O) groups excluding carboxylic acids is 2. The number of amides is 2. The largest absolute Gasteiger partial charge is 0.484 e. The average molecular weight is 519 g/mol. The number of hydrogen-bond acceptors (Lipinski definition) is 6. The third-order valence-corrected chi connectivity index (χ3v) is 6.20. The Balaban J connectivity index is 1.34. The molecule has 0 bridgehead atoms. The van der Waals surface area contributed by atoms with E-state index in [0.29, 0.717) is 26.3 Å². The minimum Gasteiger partial charge on any atom is -0.484 e. The van der Waals surface area contributed by atoms with Gasteiger partial charge >= 0.3 is 6.18 Å². The molecule has 1 fully saturated rings. The van der Waals surface area contributed by atoms with Gasteiger partial charge in [-0.2, -0.15) is 13.2 Å². The molecule has 2 aromatic carbocycles. The van der Waals surface area contributed by atoms with Crippen LogP contribution in [0.2, 0.25) is 0 Å². The SMILES string of the molecule is O=C(COc1ccc(/C=C2\SC(=S)N(Cc3ccco3)C2=O)cc1)Nc1ccccc1C(F)(F)F. The number of benzene rings is 2. The van der Waals surface area contributed by atoms with E-state index in [1.807, 2.05) is 0 Å². The van der Waals surface area contributed by atoms with Crippen molar-refractivity contribution in [2.24, 2.45) is 0 Å². The zero-order valence-electron chi connectivity index (χ0n) is 17.9. The van der Waals surface area contributed by atoms with Crippen LogP contribution in [0.3, 0.4) is 0 Å². The summed E-state index contributed by atoms with van der Waals surface area (Å²) in [4.78, 5) is 26.7. The Bertz CT molecular complexity index is 1270. The normalized spacial score (nSPS) is 15.1. The summed E-state index contributed by atoms with van der Waals surface area (Å²) in [5, 5.41) is 2.22. The van der Waals surface area contributed by atoms with E-state index < -0.39 is 24.3 Å². The highest BCUT2D eigenvalue weighted by Crippen LogP contribution is 2.35. The molecule has 1 aromatic heterocycles. The van der Waals surface area contributed by atoms with E-state index in [-0.39, 0.29) is 18.1 Å². The smallest absolute Gasteiger partial charge is 0.418 e. The molecule has 4 rings (SSSR count). The van der Waals surface area contributed by atoms with Crippen LogP contribution in [-0.4, -0.2) is 27.6 Å². The fourth-order valence-electron chi connectivity index (χ4n) is 3.18. The van der Waals surface area contributed by atoms with Gasteiger partial charge in [0, 0.05) is 0 Å². The maximum Gasteiger partial charge on any atom is 0.418 e. The molecule has 35 heavy (non-hydrogen) atoms. The molecule has 1 aliphatic rings. The van der Waals surface area contributed by atoms with Gasteiger partial charge in [0.05, 0.1) is 29.0 Å². The van der Waals surface area contributed by atoms with Gasteiger partial charge in [-0.15, -0.1) is 0 Å². The summed E-state index contributed by atoms with van der Waals surface area (Å²) in [7, 11) is 0. The minimum atomic E-state index is -4.59. The number of thiocarbonyl (C=S) groups is 1. The van der Waals surface area contributed by atoms with Crippen LogP contribution in [0, 0.1) is 0 Å².